The lowest BCUT2D eigenvalue weighted by atomic mass is 9.98. The number of benzene rings is 2. The summed E-state index contributed by atoms with van der Waals surface area (Å²) in [5.74, 6) is -1.63. The van der Waals surface area contributed by atoms with E-state index in [2.05, 4.69) is 0 Å². The molecule has 0 N–H and O–H groups in total. The number of fused-ring (bicyclic) bond motifs is 1. The van der Waals surface area contributed by atoms with Gasteiger partial charge in [0.05, 0.1) is 16.4 Å². The first-order valence-corrected chi connectivity index (χ1v) is 9.61. The molecule has 2 aromatic carbocycles. The molecule has 0 saturated heterocycles. The Morgan fingerprint density at radius 3 is 2.50 bits per heavy atom. The van der Waals surface area contributed by atoms with Crippen molar-refractivity contribution in [3.05, 3.63) is 93.2 Å². The van der Waals surface area contributed by atoms with Crippen molar-refractivity contribution in [2.45, 2.75) is 19.1 Å². The maximum Gasteiger partial charge on any atom is 0.342 e. The zero-order valence-corrected chi connectivity index (χ0v) is 15.8. The fourth-order valence-corrected chi connectivity index (χ4v) is 3.70. The molecule has 1 aliphatic rings. The molecular weight excluding hydrogens is 376 g/mol. The minimum absolute atomic E-state index is 0.0498. The molecule has 28 heavy (non-hydrogen) atoms. The first-order valence-electron chi connectivity index (χ1n) is 8.73. The van der Waals surface area contributed by atoms with Crippen LogP contribution < -0.4 is 0 Å². The summed E-state index contributed by atoms with van der Waals surface area (Å²) < 4.78 is 10.6. The van der Waals surface area contributed by atoms with Gasteiger partial charge in [0, 0.05) is 11.1 Å². The smallest absolute Gasteiger partial charge is 0.342 e. The lowest BCUT2D eigenvalue weighted by Gasteiger charge is -2.16. The third-order valence-corrected chi connectivity index (χ3v) is 5.51. The maximum absolute atomic E-state index is 12.5. The third kappa shape index (κ3) is 3.34. The maximum atomic E-state index is 12.5. The van der Waals surface area contributed by atoms with E-state index in [4.69, 9.17) is 9.47 Å². The standard InChI is InChI=1S/C22H16O5S/c1-13(14-8-10-15(11-9-14)19(23)18-7-4-12-28-18)20(24)26-22-17-6-3-2-5-16(17)21(25)27-22/h2-13,22H,1H3. The summed E-state index contributed by atoms with van der Waals surface area (Å²) in [6.07, 6.45) is -1.03. The Balaban J connectivity index is 1.46. The number of ether oxygens (including phenoxy) is 2. The van der Waals surface area contributed by atoms with Crippen molar-refractivity contribution < 1.29 is 23.9 Å². The van der Waals surface area contributed by atoms with Gasteiger partial charge in [-0.1, -0.05) is 48.5 Å². The summed E-state index contributed by atoms with van der Waals surface area (Å²) in [6.45, 7) is 1.71. The topological polar surface area (TPSA) is 69.7 Å². The molecule has 0 radical (unpaired) electrons. The van der Waals surface area contributed by atoms with E-state index in [9.17, 15) is 14.4 Å². The average Bonchev–Trinajstić information content (AvgIpc) is 3.36. The highest BCUT2D eigenvalue weighted by Gasteiger charge is 2.34. The third-order valence-electron chi connectivity index (χ3n) is 4.64. The van der Waals surface area contributed by atoms with Crippen LogP contribution in [0.15, 0.2) is 66.0 Å². The van der Waals surface area contributed by atoms with Crippen molar-refractivity contribution >= 4 is 29.1 Å². The number of ketones is 1. The highest BCUT2D eigenvalue weighted by atomic mass is 32.1. The number of esters is 2. The van der Waals surface area contributed by atoms with Crippen LogP contribution in [-0.2, 0) is 14.3 Å². The number of rotatable bonds is 5. The van der Waals surface area contributed by atoms with Crippen LogP contribution in [0.3, 0.4) is 0 Å². The Bertz CT molecular complexity index is 1040. The Labute approximate surface area is 165 Å². The van der Waals surface area contributed by atoms with Crippen molar-refractivity contribution in [3.8, 4) is 0 Å². The Kier molecular flexibility index (Phi) is 4.79. The van der Waals surface area contributed by atoms with Gasteiger partial charge in [-0.15, -0.1) is 11.3 Å². The summed E-state index contributed by atoms with van der Waals surface area (Å²) in [4.78, 5) is 37.4. The van der Waals surface area contributed by atoms with Crippen LogP contribution in [0.4, 0.5) is 0 Å². The molecule has 0 fully saturated rings. The van der Waals surface area contributed by atoms with Crippen molar-refractivity contribution in [3.63, 3.8) is 0 Å². The number of hydrogen-bond donors (Lipinski definition) is 0. The number of hydrogen-bond acceptors (Lipinski definition) is 6. The van der Waals surface area contributed by atoms with E-state index in [1.165, 1.54) is 11.3 Å². The van der Waals surface area contributed by atoms with Gasteiger partial charge in [-0.3, -0.25) is 9.59 Å². The molecule has 4 rings (SSSR count). The number of cyclic esters (lactones) is 1. The summed E-state index contributed by atoms with van der Waals surface area (Å²) in [5.41, 5.74) is 2.23. The minimum Gasteiger partial charge on any atom is -0.420 e. The van der Waals surface area contributed by atoms with Crippen molar-refractivity contribution in [1.82, 2.24) is 0 Å². The van der Waals surface area contributed by atoms with Crippen LogP contribution in [0, 0.1) is 0 Å². The normalized spacial score (nSPS) is 16.2. The lowest BCUT2D eigenvalue weighted by Crippen LogP contribution is -2.17. The van der Waals surface area contributed by atoms with Crippen molar-refractivity contribution in [2.24, 2.45) is 0 Å². The van der Waals surface area contributed by atoms with E-state index in [0.717, 1.165) is 0 Å². The van der Waals surface area contributed by atoms with Crippen LogP contribution in [0.1, 0.15) is 55.9 Å². The van der Waals surface area contributed by atoms with Crippen molar-refractivity contribution in [2.75, 3.05) is 0 Å². The summed E-state index contributed by atoms with van der Waals surface area (Å²) in [5, 5.41) is 1.85. The monoisotopic (exact) mass is 392 g/mol. The van der Waals surface area contributed by atoms with Gasteiger partial charge in [-0.2, -0.15) is 0 Å². The molecule has 2 unspecified atom stereocenters. The van der Waals surface area contributed by atoms with Crippen molar-refractivity contribution in [1.29, 1.82) is 0 Å². The summed E-state index contributed by atoms with van der Waals surface area (Å²) in [7, 11) is 0. The Hall–Kier alpha value is -3.25. The first-order chi connectivity index (χ1) is 13.5. The molecule has 0 bridgehead atoms. The molecule has 1 aliphatic heterocycles. The van der Waals surface area contributed by atoms with Crippen LogP contribution in [0.5, 0.6) is 0 Å². The average molecular weight is 392 g/mol. The second-order valence-corrected chi connectivity index (χ2v) is 7.36. The second-order valence-electron chi connectivity index (χ2n) is 6.41. The van der Waals surface area contributed by atoms with Crippen LogP contribution in [-0.4, -0.2) is 17.7 Å². The predicted molar refractivity (Wildman–Crippen MR) is 103 cm³/mol. The molecule has 3 aromatic rings. The molecule has 1 aromatic heterocycles. The van der Waals surface area contributed by atoms with Gasteiger partial charge < -0.3 is 9.47 Å². The molecule has 0 saturated carbocycles. The van der Waals surface area contributed by atoms with Gasteiger partial charge in [0.2, 0.25) is 5.78 Å². The fraction of sp³-hybridized carbons (Fsp3) is 0.136. The van der Waals surface area contributed by atoms with E-state index in [-0.39, 0.29) is 5.78 Å². The SMILES string of the molecule is CC(C(=O)OC1OC(=O)c2ccccc21)c1ccc(C(=O)c2cccs2)cc1. The molecule has 2 heterocycles. The van der Waals surface area contributed by atoms with E-state index in [1.807, 2.05) is 11.4 Å². The molecule has 2 atom stereocenters. The van der Waals surface area contributed by atoms with Gasteiger partial charge in [0.25, 0.3) is 6.29 Å². The number of carbonyl (C=O) groups excluding carboxylic acids is 3. The quantitative estimate of drug-likeness (QED) is 0.472. The molecule has 0 amide bonds. The molecule has 0 spiro atoms. The van der Waals surface area contributed by atoms with E-state index < -0.39 is 24.1 Å². The summed E-state index contributed by atoms with van der Waals surface area (Å²) >= 11 is 1.39. The van der Waals surface area contributed by atoms with Crippen LogP contribution >= 0.6 is 11.3 Å². The first kappa shape index (κ1) is 18.1. The van der Waals surface area contributed by atoms with Gasteiger partial charge >= 0.3 is 11.9 Å². The number of carbonyl (C=O) groups is 3. The Morgan fingerprint density at radius 1 is 1.04 bits per heavy atom. The van der Waals surface area contributed by atoms with E-state index in [1.54, 1.807) is 61.5 Å². The van der Waals surface area contributed by atoms with Gasteiger partial charge in [0.1, 0.15) is 0 Å². The van der Waals surface area contributed by atoms with Gasteiger partial charge in [-0.25, -0.2) is 4.79 Å². The molecular formula is C22H16O5S. The fourth-order valence-electron chi connectivity index (χ4n) is 3.02. The highest BCUT2D eigenvalue weighted by Crippen LogP contribution is 2.33. The lowest BCUT2D eigenvalue weighted by molar-refractivity contribution is -0.169. The minimum atomic E-state index is -1.03. The number of thiophene rings is 1. The summed E-state index contributed by atoms with van der Waals surface area (Å²) in [6, 6.07) is 17.3. The Morgan fingerprint density at radius 2 is 1.79 bits per heavy atom. The van der Waals surface area contributed by atoms with Crippen LogP contribution in [0.2, 0.25) is 0 Å². The molecule has 140 valence electrons. The zero-order chi connectivity index (χ0) is 19.7. The van der Waals surface area contributed by atoms with Gasteiger partial charge in [0.15, 0.2) is 0 Å². The molecule has 0 aliphatic carbocycles. The zero-order valence-electron chi connectivity index (χ0n) is 15.0. The largest absolute Gasteiger partial charge is 0.420 e. The highest BCUT2D eigenvalue weighted by molar-refractivity contribution is 7.12. The van der Waals surface area contributed by atoms with Crippen LogP contribution in [0.25, 0.3) is 0 Å². The molecule has 6 heteroatoms. The molecule has 5 nitrogen and oxygen atoms in total. The second kappa shape index (κ2) is 7.40. The predicted octanol–water partition coefficient (Wildman–Crippen LogP) is 4.50. The van der Waals surface area contributed by atoms with E-state index in [0.29, 0.717) is 27.1 Å². The van der Waals surface area contributed by atoms with E-state index >= 15 is 0 Å². The van der Waals surface area contributed by atoms with Gasteiger partial charge in [-0.05, 0) is 30.0 Å².